The summed E-state index contributed by atoms with van der Waals surface area (Å²) in [6.07, 6.45) is 7.40. The van der Waals surface area contributed by atoms with Crippen LogP contribution in [-0.2, 0) is 13.0 Å². The summed E-state index contributed by atoms with van der Waals surface area (Å²) in [7, 11) is 0. The van der Waals surface area contributed by atoms with Crippen LogP contribution in [0.3, 0.4) is 0 Å². The molecule has 1 amide bonds. The molecule has 0 atom stereocenters. The number of pyridine rings is 1. The summed E-state index contributed by atoms with van der Waals surface area (Å²) in [5, 5.41) is 6.03. The van der Waals surface area contributed by atoms with Gasteiger partial charge < -0.3 is 9.72 Å². The summed E-state index contributed by atoms with van der Waals surface area (Å²) < 4.78 is 1.83. The van der Waals surface area contributed by atoms with Crippen molar-refractivity contribution in [2.45, 2.75) is 26.3 Å². The van der Waals surface area contributed by atoms with Crippen molar-refractivity contribution in [3.8, 4) is 0 Å². The van der Waals surface area contributed by atoms with Crippen molar-refractivity contribution < 1.29 is 4.79 Å². The van der Waals surface area contributed by atoms with Crippen LogP contribution in [0, 0.1) is 0 Å². The zero-order valence-corrected chi connectivity index (χ0v) is 12.6. The standard InChI is InChI=1S/C15H16N4OS/c1-2-3-14-18-12(10-21-14)8-17-15(20)11-4-5-13-16-6-7-19(13)9-11/h4-7,9-10H,2-3,8H2,1H3,(H,17,20). The van der Waals surface area contributed by atoms with Gasteiger partial charge >= 0.3 is 0 Å². The van der Waals surface area contributed by atoms with Gasteiger partial charge in [-0.05, 0) is 25.0 Å². The van der Waals surface area contributed by atoms with Gasteiger partial charge in [-0.25, -0.2) is 9.97 Å². The highest BCUT2D eigenvalue weighted by Crippen LogP contribution is 2.12. The summed E-state index contributed by atoms with van der Waals surface area (Å²) in [6, 6.07) is 3.61. The molecule has 3 aromatic rings. The van der Waals surface area contributed by atoms with Gasteiger partial charge in [0.2, 0.25) is 0 Å². The molecule has 0 aliphatic rings. The van der Waals surface area contributed by atoms with Crippen LogP contribution in [0.1, 0.15) is 34.4 Å². The molecule has 0 saturated carbocycles. The molecule has 1 N–H and O–H groups in total. The molecule has 3 rings (SSSR count). The first-order valence-electron chi connectivity index (χ1n) is 6.90. The summed E-state index contributed by atoms with van der Waals surface area (Å²) in [6.45, 7) is 2.59. The third-order valence-corrected chi connectivity index (χ3v) is 4.10. The molecule has 0 unspecified atom stereocenters. The first-order chi connectivity index (χ1) is 10.3. The minimum Gasteiger partial charge on any atom is -0.346 e. The molecule has 0 aliphatic heterocycles. The van der Waals surface area contributed by atoms with Crippen molar-refractivity contribution in [2.24, 2.45) is 0 Å². The predicted octanol–water partition coefficient (Wildman–Crippen LogP) is 2.67. The first kappa shape index (κ1) is 13.8. The van der Waals surface area contributed by atoms with Crippen LogP contribution >= 0.6 is 11.3 Å². The second kappa shape index (κ2) is 6.05. The SMILES string of the molecule is CCCc1nc(CNC(=O)c2ccc3nccn3c2)cs1. The number of fused-ring (bicyclic) bond motifs is 1. The van der Waals surface area contributed by atoms with E-state index in [1.165, 1.54) is 0 Å². The zero-order valence-electron chi connectivity index (χ0n) is 11.7. The number of nitrogens with one attached hydrogen (secondary N) is 1. The van der Waals surface area contributed by atoms with E-state index < -0.39 is 0 Å². The van der Waals surface area contributed by atoms with Gasteiger partial charge in [0.1, 0.15) is 5.65 Å². The molecule has 0 spiro atoms. The van der Waals surface area contributed by atoms with Gasteiger partial charge in [-0.3, -0.25) is 4.79 Å². The van der Waals surface area contributed by atoms with Crippen LogP contribution in [0.5, 0.6) is 0 Å². The molecule has 108 valence electrons. The van der Waals surface area contributed by atoms with E-state index in [0.717, 1.165) is 29.2 Å². The Balaban J connectivity index is 1.65. The highest BCUT2D eigenvalue weighted by atomic mass is 32.1. The van der Waals surface area contributed by atoms with Crippen molar-refractivity contribution in [3.05, 3.63) is 52.4 Å². The van der Waals surface area contributed by atoms with Crippen molar-refractivity contribution in [1.29, 1.82) is 0 Å². The van der Waals surface area contributed by atoms with Crippen LogP contribution in [0.4, 0.5) is 0 Å². The maximum atomic E-state index is 12.1. The van der Waals surface area contributed by atoms with Gasteiger partial charge in [-0.2, -0.15) is 0 Å². The molecule has 0 aromatic carbocycles. The normalized spacial score (nSPS) is 10.9. The van der Waals surface area contributed by atoms with Crippen LogP contribution in [-0.4, -0.2) is 20.3 Å². The Kier molecular flexibility index (Phi) is 3.96. The number of carbonyl (C=O) groups excluding carboxylic acids is 1. The number of hydrogen-bond donors (Lipinski definition) is 1. The number of aryl methyl sites for hydroxylation is 1. The summed E-state index contributed by atoms with van der Waals surface area (Å²) in [5.74, 6) is -0.101. The lowest BCUT2D eigenvalue weighted by Crippen LogP contribution is -2.23. The van der Waals surface area contributed by atoms with Gasteiger partial charge in [0.05, 0.1) is 22.8 Å². The highest BCUT2D eigenvalue weighted by molar-refractivity contribution is 7.09. The maximum Gasteiger partial charge on any atom is 0.253 e. The Morgan fingerprint density at radius 1 is 1.43 bits per heavy atom. The summed E-state index contributed by atoms with van der Waals surface area (Å²) in [4.78, 5) is 20.8. The Morgan fingerprint density at radius 3 is 3.19 bits per heavy atom. The van der Waals surface area contributed by atoms with E-state index in [1.807, 2.05) is 22.0 Å². The van der Waals surface area contributed by atoms with Gasteiger partial charge in [0.25, 0.3) is 5.91 Å². The van der Waals surface area contributed by atoms with E-state index >= 15 is 0 Å². The second-order valence-corrected chi connectivity index (χ2v) is 5.72. The van der Waals surface area contributed by atoms with Crippen molar-refractivity contribution >= 4 is 22.9 Å². The number of hydrogen-bond acceptors (Lipinski definition) is 4. The Labute approximate surface area is 126 Å². The molecule has 0 aliphatic carbocycles. The molecule has 0 saturated heterocycles. The van der Waals surface area contributed by atoms with E-state index in [2.05, 4.69) is 22.2 Å². The quantitative estimate of drug-likeness (QED) is 0.788. The Morgan fingerprint density at radius 2 is 2.33 bits per heavy atom. The molecule has 3 heterocycles. The molecule has 6 heteroatoms. The van der Waals surface area contributed by atoms with E-state index in [9.17, 15) is 4.79 Å². The Hall–Kier alpha value is -2.21. The lowest BCUT2D eigenvalue weighted by molar-refractivity contribution is 0.0950. The average molecular weight is 300 g/mol. The van der Waals surface area contributed by atoms with Crippen LogP contribution in [0.2, 0.25) is 0 Å². The number of nitrogens with zero attached hydrogens (tertiary/aromatic N) is 3. The largest absolute Gasteiger partial charge is 0.346 e. The topological polar surface area (TPSA) is 59.3 Å². The van der Waals surface area contributed by atoms with E-state index in [-0.39, 0.29) is 5.91 Å². The number of thiazole rings is 1. The van der Waals surface area contributed by atoms with Gasteiger partial charge in [0, 0.05) is 24.0 Å². The number of aromatic nitrogens is 3. The van der Waals surface area contributed by atoms with E-state index in [4.69, 9.17) is 0 Å². The minimum absolute atomic E-state index is 0.101. The third-order valence-electron chi connectivity index (χ3n) is 3.14. The van der Waals surface area contributed by atoms with Gasteiger partial charge in [-0.15, -0.1) is 11.3 Å². The number of imidazole rings is 1. The molecular formula is C15H16N4OS. The second-order valence-electron chi connectivity index (χ2n) is 4.78. The number of amides is 1. The number of rotatable bonds is 5. The average Bonchev–Trinajstić information content (AvgIpc) is 3.13. The van der Waals surface area contributed by atoms with Crippen molar-refractivity contribution in [1.82, 2.24) is 19.7 Å². The predicted molar refractivity (Wildman–Crippen MR) is 82.5 cm³/mol. The summed E-state index contributed by atoms with van der Waals surface area (Å²) in [5.41, 5.74) is 2.36. The summed E-state index contributed by atoms with van der Waals surface area (Å²) >= 11 is 1.65. The third kappa shape index (κ3) is 3.11. The van der Waals surface area contributed by atoms with Crippen LogP contribution in [0.15, 0.2) is 36.1 Å². The Bertz CT molecular complexity index is 762. The molecule has 0 bridgehead atoms. The highest BCUT2D eigenvalue weighted by Gasteiger charge is 2.08. The molecular weight excluding hydrogens is 284 g/mol. The molecule has 3 aromatic heterocycles. The first-order valence-corrected chi connectivity index (χ1v) is 7.78. The fourth-order valence-electron chi connectivity index (χ4n) is 2.09. The smallest absolute Gasteiger partial charge is 0.253 e. The molecule has 21 heavy (non-hydrogen) atoms. The molecule has 5 nitrogen and oxygen atoms in total. The molecule has 0 radical (unpaired) electrons. The van der Waals surface area contributed by atoms with Crippen LogP contribution < -0.4 is 5.32 Å². The monoisotopic (exact) mass is 300 g/mol. The minimum atomic E-state index is -0.101. The van der Waals surface area contributed by atoms with E-state index in [0.29, 0.717) is 12.1 Å². The van der Waals surface area contributed by atoms with Crippen LogP contribution in [0.25, 0.3) is 5.65 Å². The molecule has 0 fully saturated rings. The van der Waals surface area contributed by atoms with E-state index in [1.54, 1.807) is 29.8 Å². The number of carbonyl (C=O) groups is 1. The maximum absolute atomic E-state index is 12.1. The van der Waals surface area contributed by atoms with Gasteiger partial charge in [-0.1, -0.05) is 6.92 Å². The lowest BCUT2D eigenvalue weighted by Gasteiger charge is -2.04. The lowest BCUT2D eigenvalue weighted by atomic mass is 10.2. The fraction of sp³-hybridized carbons (Fsp3) is 0.267. The van der Waals surface area contributed by atoms with Gasteiger partial charge in [0.15, 0.2) is 0 Å². The fourth-order valence-corrected chi connectivity index (χ4v) is 2.99. The van der Waals surface area contributed by atoms with Crippen molar-refractivity contribution in [3.63, 3.8) is 0 Å². The van der Waals surface area contributed by atoms with Crippen molar-refractivity contribution in [2.75, 3.05) is 0 Å². The zero-order chi connectivity index (χ0) is 14.7.